The first-order valence-corrected chi connectivity index (χ1v) is 9.17. The Morgan fingerprint density at radius 3 is 2.03 bits per heavy atom. The van der Waals surface area contributed by atoms with Gasteiger partial charge in [-0.2, -0.15) is 13.2 Å². The fourth-order valence-electron chi connectivity index (χ4n) is 2.13. The zero-order valence-corrected chi connectivity index (χ0v) is 17.8. The summed E-state index contributed by atoms with van der Waals surface area (Å²) in [5.74, 6) is -1.77. The van der Waals surface area contributed by atoms with E-state index in [4.69, 9.17) is 38.2 Å². The molecule has 2 rings (SSSR count). The number of aliphatic carboxylic acids is 2. The second kappa shape index (κ2) is 11.6. The van der Waals surface area contributed by atoms with Gasteiger partial charge in [-0.1, -0.05) is 23.2 Å². The molecular formula is C20H18Cl2F3NO5. The largest absolute Gasteiger partial charge is 0.478 e. The molecule has 0 spiro atoms. The molecule has 0 fully saturated rings. The van der Waals surface area contributed by atoms with Crippen molar-refractivity contribution in [2.75, 3.05) is 14.1 Å². The van der Waals surface area contributed by atoms with E-state index in [0.717, 1.165) is 12.1 Å². The number of alkyl halides is 3. The molecule has 2 aromatic rings. The van der Waals surface area contributed by atoms with E-state index in [-0.39, 0.29) is 0 Å². The van der Waals surface area contributed by atoms with Crippen LogP contribution in [0, 0.1) is 0 Å². The number of halogens is 5. The van der Waals surface area contributed by atoms with Crippen LogP contribution in [0.15, 0.2) is 48.6 Å². The number of hydrogen-bond donors (Lipinski definition) is 2. The van der Waals surface area contributed by atoms with Crippen molar-refractivity contribution in [3.8, 4) is 11.5 Å². The molecule has 0 aliphatic carbocycles. The Morgan fingerprint density at radius 1 is 1.00 bits per heavy atom. The van der Waals surface area contributed by atoms with Crippen molar-refractivity contribution < 1.29 is 37.7 Å². The van der Waals surface area contributed by atoms with Crippen LogP contribution in [-0.4, -0.2) is 41.1 Å². The third-order valence-corrected chi connectivity index (χ3v) is 4.10. The molecule has 0 aliphatic rings. The number of hydrogen-bond acceptors (Lipinski definition) is 4. The lowest BCUT2D eigenvalue weighted by Gasteiger charge is -2.17. The Labute approximate surface area is 186 Å². The summed E-state index contributed by atoms with van der Waals surface area (Å²) in [7, 11) is 3.53. The number of carboxylic acids is 2. The highest BCUT2D eigenvalue weighted by Crippen LogP contribution is 2.35. The van der Waals surface area contributed by atoms with Gasteiger partial charge in [-0.05, 0) is 44.4 Å². The van der Waals surface area contributed by atoms with Gasteiger partial charge in [-0.15, -0.1) is 0 Å². The normalized spacial score (nSPS) is 11.2. The molecule has 2 aromatic carbocycles. The molecule has 168 valence electrons. The molecule has 2 N–H and O–H groups in total. The number of carbonyl (C=O) groups is 2. The van der Waals surface area contributed by atoms with Crippen LogP contribution in [0.3, 0.4) is 0 Å². The van der Waals surface area contributed by atoms with Gasteiger partial charge in [0.2, 0.25) is 0 Å². The van der Waals surface area contributed by atoms with Crippen molar-refractivity contribution in [2.45, 2.75) is 12.7 Å². The molecule has 0 radical (unpaired) electrons. The fraction of sp³-hybridized carbons (Fsp3) is 0.200. The SMILES string of the molecule is CN(C)Cc1cc(C(F)(F)F)ccc1Oc1ccc(Cl)c(Cl)c1.O=C(O)/C=C\C(=O)O. The topological polar surface area (TPSA) is 87.1 Å². The van der Waals surface area contributed by atoms with Crippen LogP contribution in [0.2, 0.25) is 10.0 Å². The zero-order chi connectivity index (χ0) is 23.8. The van der Waals surface area contributed by atoms with E-state index in [9.17, 15) is 22.8 Å². The van der Waals surface area contributed by atoms with E-state index in [0.29, 0.717) is 45.8 Å². The van der Waals surface area contributed by atoms with Crippen LogP contribution >= 0.6 is 23.2 Å². The lowest BCUT2D eigenvalue weighted by atomic mass is 10.1. The first-order valence-electron chi connectivity index (χ1n) is 8.41. The minimum absolute atomic E-state index is 0.306. The highest BCUT2D eigenvalue weighted by Gasteiger charge is 2.31. The maximum Gasteiger partial charge on any atom is 0.416 e. The molecule has 0 heterocycles. The highest BCUT2D eigenvalue weighted by atomic mass is 35.5. The Bertz CT molecular complexity index is 946. The summed E-state index contributed by atoms with van der Waals surface area (Å²) in [4.78, 5) is 20.9. The van der Waals surface area contributed by atoms with Gasteiger partial charge in [0.15, 0.2) is 0 Å². The summed E-state index contributed by atoms with van der Waals surface area (Å²) in [5, 5.41) is 16.3. The predicted octanol–water partition coefficient (Wildman–Crippen LogP) is 5.58. The number of benzene rings is 2. The maximum atomic E-state index is 12.9. The third-order valence-electron chi connectivity index (χ3n) is 3.36. The standard InChI is InChI=1S/C16H14Cl2F3NO.C4H4O4/c1-22(2)9-10-7-11(16(19,20)21)3-6-15(10)23-12-4-5-13(17)14(18)8-12;5-3(6)1-2-4(7)8/h3-8H,9H2,1-2H3;1-2H,(H,5,6)(H,7,8)/b;2-1-. The molecule has 0 saturated carbocycles. The lowest BCUT2D eigenvalue weighted by Crippen LogP contribution is -2.13. The van der Waals surface area contributed by atoms with Crippen LogP contribution in [0.25, 0.3) is 0 Å². The monoisotopic (exact) mass is 479 g/mol. The van der Waals surface area contributed by atoms with Crippen LogP contribution < -0.4 is 4.74 Å². The second-order valence-corrected chi connectivity index (χ2v) is 7.06. The summed E-state index contributed by atoms with van der Waals surface area (Å²) < 4.78 is 44.3. The Kier molecular flexibility index (Phi) is 9.83. The maximum absolute atomic E-state index is 12.9. The van der Waals surface area contributed by atoms with Crippen LogP contribution in [0.5, 0.6) is 11.5 Å². The quantitative estimate of drug-likeness (QED) is 0.526. The van der Waals surface area contributed by atoms with Gasteiger partial charge in [-0.3, -0.25) is 0 Å². The van der Waals surface area contributed by atoms with Gasteiger partial charge in [0.1, 0.15) is 11.5 Å². The van der Waals surface area contributed by atoms with Crippen molar-refractivity contribution in [2.24, 2.45) is 0 Å². The van der Waals surface area contributed by atoms with Gasteiger partial charge in [0.05, 0.1) is 15.6 Å². The van der Waals surface area contributed by atoms with E-state index in [2.05, 4.69) is 0 Å². The highest BCUT2D eigenvalue weighted by molar-refractivity contribution is 6.42. The predicted molar refractivity (Wildman–Crippen MR) is 110 cm³/mol. The molecule has 0 saturated heterocycles. The Morgan fingerprint density at radius 2 is 1.58 bits per heavy atom. The summed E-state index contributed by atoms with van der Waals surface area (Å²) in [6.45, 7) is 0.306. The average Bonchev–Trinajstić information content (AvgIpc) is 2.63. The summed E-state index contributed by atoms with van der Waals surface area (Å²) >= 11 is 11.8. The molecule has 0 atom stereocenters. The first kappa shape index (κ1) is 26.3. The average molecular weight is 480 g/mol. The van der Waals surface area contributed by atoms with E-state index in [1.165, 1.54) is 12.1 Å². The van der Waals surface area contributed by atoms with E-state index >= 15 is 0 Å². The van der Waals surface area contributed by atoms with E-state index in [1.54, 1.807) is 31.1 Å². The molecule has 11 heteroatoms. The van der Waals surface area contributed by atoms with Crippen LogP contribution in [0.1, 0.15) is 11.1 Å². The van der Waals surface area contributed by atoms with Crippen molar-refractivity contribution in [3.05, 3.63) is 69.7 Å². The van der Waals surface area contributed by atoms with Crippen molar-refractivity contribution in [1.29, 1.82) is 0 Å². The van der Waals surface area contributed by atoms with Crippen molar-refractivity contribution >= 4 is 35.1 Å². The van der Waals surface area contributed by atoms with Crippen LogP contribution in [0.4, 0.5) is 13.2 Å². The summed E-state index contributed by atoms with van der Waals surface area (Å²) in [6.07, 6.45) is -3.28. The Balaban J connectivity index is 0.000000512. The molecule has 0 aliphatic heterocycles. The molecule has 0 amide bonds. The van der Waals surface area contributed by atoms with E-state index < -0.39 is 23.7 Å². The second-order valence-electron chi connectivity index (χ2n) is 6.25. The lowest BCUT2D eigenvalue weighted by molar-refractivity contribution is -0.137. The molecular weight excluding hydrogens is 462 g/mol. The van der Waals surface area contributed by atoms with Gasteiger partial charge in [-0.25, -0.2) is 9.59 Å². The molecule has 0 aromatic heterocycles. The zero-order valence-electron chi connectivity index (χ0n) is 16.3. The molecule has 6 nitrogen and oxygen atoms in total. The smallest absolute Gasteiger partial charge is 0.416 e. The fourth-order valence-corrected chi connectivity index (χ4v) is 2.42. The first-order chi connectivity index (χ1) is 14.3. The molecule has 0 unspecified atom stereocenters. The van der Waals surface area contributed by atoms with Crippen LogP contribution in [-0.2, 0) is 22.3 Å². The molecule has 0 bridgehead atoms. The van der Waals surface area contributed by atoms with Gasteiger partial charge in [0, 0.05) is 30.3 Å². The molecule has 31 heavy (non-hydrogen) atoms. The summed E-state index contributed by atoms with van der Waals surface area (Å²) in [5.41, 5.74) is -0.285. The number of rotatable bonds is 6. The van der Waals surface area contributed by atoms with E-state index in [1.807, 2.05) is 0 Å². The third kappa shape index (κ3) is 9.73. The van der Waals surface area contributed by atoms with Crippen molar-refractivity contribution in [3.63, 3.8) is 0 Å². The minimum Gasteiger partial charge on any atom is -0.478 e. The summed E-state index contributed by atoms with van der Waals surface area (Å²) in [6, 6.07) is 8.07. The van der Waals surface area contributed by atoms with Crippen molar-refractivity contribution in [1.82, 2.24) is 4.90 Å². The van der Waals surface area contributed by atoms with Gasteiger partial charge in [0.25, 0.3) is 0 Å². The van der Waals surface area contributed by atoms with Gasteiger partial charge >= 0.3 is 18.1 Å². The minimum atomic E-state index is -4.40. The Hall–Kier alpha value is -2.75. The number of nitrogens with zero attached hydrogens (tertiary/aromatic N) is 1. The number of carboxylic acid groups (broad SMARTS) is 2. The van der Waals surface area contributed by atoms with Gasteiger partial charge < -0.3 is 19.8 Å². The number of ether oxygens (including phenoxy) is 1.